The molecule has 0 aromatic heterocycles. The van der Waals surface area contributed by atoms with E-state index in [1.165, 1.54) is 0 Å². The van der Waals surface area contributed by atoms with Gasteiger partial charge in [0.15, 0.2) is 0 Å². The molecule has 3 nitrogen and oxygen atoms in total. The summed E-state index contributed by atoms with van der Waals surface area (Å²) in [6.07, 6.45) is 1.01. The largest absolute Gasteiger partial charge is 0.385 e. The van der Waals surface area contributed by atoms with E-state index in [1.54, 1.807) is 0 Å². The van der Waals surface area contributed by atoms with Crippen molar-refractivity contribution in [2.75, 3.05) is 30.3 Å². The van der Waals surface area contributed by atoms with E-state index in [9.17, 15) is 0 Å². The van der Waals surface area contributed by atoms with Crippen LogP contribution in [0.15, 0.2) is 24.3 Å². The molecule has 0 aliphatic heterocycles. The number of benzene rings is 1. The highest BCUT2D eigenvalue weighted by atomic mass is 14.9. The third-order valence-corrected chi connectivity index (χ3v) is 1.98. The third-order valence-electron chi connectivity index (χ3n) is 1.98. The van der Waals surface area contributed by atoms with Crippen LogP contribution in [0.3, 0.4) is 0 Å². The van der Waals surface area contributed by atoms with Crippen molar-refractivity contribution in [2.24, 2.45) is 5.73 Å². The van der Waals surface area contributed by atoms with Gasteiger partial charge in [-0.3, -0.25) is 0 Å². The Bertz CT molecular complexity index is 243. The molecule has 14 heavy (non-hydrogen) atoms. The fourth-order valence-corrected chi connectivity index (χ4v) is 1.24. The van der Waals surface area contributed by atoms with Crippen molar-refractivity contribution in [3.05, 3.63) is 24.3 Å². The van der Waals surface area contributed by atoms with Crippen molar-refractivity contribution in [1.29, 1.82) is 0 Å². The van der Waals surface area contributed by atoms with E-state index in [2.05, 4.69) is 41.8 Å². The molecule has 0 heterocycles. The fraction of sp³-hybridized carbons (Fsp3) is 0.455. The summed E-state index contributed by atoms with van der Waals surface area (Å²) >= 11 is 0. The average Bonchev–Trinajstić information content (AvgIpc) is 2.21. The molecule has 0 saturated heterocycles. The van der Waals surface area contributed by atoms with Gasteiger partial charge in [-0.1, -0.05) is 0 Å². The molecule has 0 spiro atoms. The molecule has 0 radical (unpaired) electrons. The van der Waals surface area contributed by atoms with E-state index < -0.39 is 0 Å². The normalized spacial score (nSPS) is 9.86. The monoisotopic (exact) mass is 193 g/mol. The summed E-state index contributed by atoms with van der Waals surface area (Å²) in [5, 5.41) is 6.56. The van der Waals surface area contributed by atoms with Crippen LogP contribution in [0.25, 0.3) is 0 Å². The average molecular weight is 193 g/mol. The Morgan fingerprint density at radius 3 is 2.14 bits per heavy atom. The maximum Gasteiger partial charge on any atom is 0.0341 e. The number of anilines is 2. The zero-order valence-electron chi connectivity index (χ0n) is 8.72. The van der Waals surface area contributed by atoms with Gasteiger partial charge < -0.3 is 16.4 Å². The Hall–Kier alpha value is -1.22. The maximum absolute atomic E-state index is 5.41. The quantitative estimate of drug-likeness (QED) is 0.605. The van der Waals surface area contributed by atoms with Crippen molar-refractivity contribution >= 4 is 11.4 Å². The number of nitrogens with two attached hydrogens (primary N) is 1. The van der Waals surface area contributed by atoms with Crippen LogP contribution in [0.2, 0.25) is 0 Å². The summed E-state index contributed by atoms with van der Waals surface area (Å²) in [5.74, 6) is 0. The van der Waals surface area contributed by atoms with Crippen molar-refractivity contribution < 1.29 is 0 Å². The molecule has 0 amide bonds. The van der Waals surface area contributed by atoms with Crippen LogP contribution in [0.4, 0.5) is 11.4 Å². The second kappa shape index (κ2) is 6.27. The Morgan fingerprint density at radius 1 is 1.07 bits per heavy atom. The van der Waals surface area contributed by atoms with E-state index in [1.807, 2.05) is 0 Å². The summed E-state index contributed by atoms with van der Waals surface area (Å²) in [7, 11) is 0. The molecular weight excluding hydrogens is 174 g/mol. The lowest BCUT2D eigenvalue weighted by Gasteiger charge is -2.07. The zero-order valence-corrected chi connectivity index (χ0v) is 8.72. The lowest BCUT2D eigenvalue weighted by atomic mass is 10.2. The number of rotatable bonds is 6. The maximum atomic E-state index is 5.41. The van der Waals surface area contributed by atoms with Gasteiger partial charge in [-0.15, -0.1) is 0 Å². The molecule has 0 fully saturated rings. The molecule has 0 unspecified atom stereocenters. The van der Waals surface area contributed by atoms with Gasteiger partial charge in [0.05, 0.1) is 0 Å². The molecule has 78 valence electrons. The number of hydrogen-bond donors (Lipinski definition) is 3. The molecule has 1 aromatic rings. The van der Waals surface area contributed by atoms with E-state index >= 15 is 0 Å². The molecule has 0 bridgehead atoms. The van der Waals surface area contributed by atoms with E-state index in [0.29, 0.717) is 0 Å². The third kappa shape index (κ3) is 3.66. The standard InChI is InChI=1S/C11H19N3/c1-2-13-10-4-6-11(7-5-10)14-9-3-8-12/h4-7,13-14H,2-3,8-9,12H2,1H3. The lowest BCUT2D eigenvalue weighted by Crippen LogP contribution is -2.08. The first-order valence-electron chi connectivity index (χ1n) is 5.14. The molecule has 1 aromatic carbocycles. The molecule has 0 saturated carbocycles. The van der Waals surface area contributed by atoms with Crippen molar-refractivity contribution in [3.63, 3.8) is 0 Å². The Balaban J connectivity index is 2.38. The van der Waals surface area contributed by atoms with Gasteiger partial charge >= 0.3 is 0 Å². The van der Waals surface area contributed by atoms with Crippen LogP contribution in [0.1, 0.15) is 13.3 Å². The molecule has 0 aliphatic carbocycles. The van der Waals surface area contributed by atoms with Crippen molar-refractivity contribution in [1.82, 2.24) is 0 Å². The topological polar surface area (TPSA) is 50.1 Å². The van der Waals surface area contributed by atoms with E-state index in [-0.39, 0.29) is 0 Å². The Kier molecular flexibility index (Phi) is 4.86. The van der Waals surface area contributed by atoms with Crippen LogP contribution in [-0.2, 0) is 0 Å². The molecule has 3 heteroatoms. The summed E-state index contributed by atoms with van der Waals surface area (Å²) in [5.41, 5.74) is 7.72. The summed E-state index contributed by atoms with van der Waals surface area (Å²) in [6, 6.07) is 8.31. The summed E-state index contributed by atoms with van der Waals surface area (Å²) < 4.78 is 0. The molecule has 0 aliphatic rings. The zero-order chi connectivity index (χ0) is 10.2. The molecular formula is C11H19N3. The fourth-order valence-electron chi connectivity index (χ4n) is 1.24. The predicted octanol–water partition coefficient (Wildman–Crippen LogP) is 1.88. The highest BCUT2D eigenvalue weighted by molar-refractivity contribution is 5.53. The Labute approximate surface area is 85.7 Å². The highest BCUT2D eigenvalue weighted by Crippen LogP contribution is 2.12. The second-order valence-corrected chi connectivity index (χ2v) is 3.18. The first kappa shape index (κ1) is 10.9. The van der Waals surface area contributed by atoms with Gasteiger partial charge in [0.1, 0.15) is 0 Å². The predicted molar refractivity (Wildman–Crippen MR) is 62.8 cm³/mol. The van der Waals surface area contributed by atoms with Crippen LogP contribution in [0.5, 0.6) is 0 Å². The van der Waals surface area contributed by atoms with Gasteiger partial charge in [-0.2, -0.15) is 0 Å². The first-order valence-corrected chi connectivity index (χ1v) is 5.14. The minimum atomic E-state index is 0.739. The van der Waals surface area contributed by atoms with Crippen LogP contribution < -0.4 is 16.4 Å². The smallest absolute Gasteiger partial charge is 0.0341 e. The summed E-state index contributed by atoms with van der Waals surface area (Å²) in [6.45, 7) is 4.73. The van der Waals surface area contributed by atoms with Gasteiger partial charge in [-0.25, -0.2) is 0 Å². The van der Waals surface area contributed by atoms with Gasteiger partial charge in [0, 0.05) is 24.5 Å². The first-order chi connectivity index (χ1) is 6.86. The van der Waals surface area contributed by atoms with E-state index in [4.69, 9.17) is 5.73 Å². The molecule has 1 rings (SSSR count). The second-order valence-electron chi connectivity index (χ2n) is 3.18. The SMILES string of the molecule is CCNc1ccc(NCCCN)cc1. The van der Waals surface area contributed by atoms with Crippen molar-refractivity contribution in [2.45, 2.75) is 13.3 Å². The van der Waals surface area contributed by atoms with E-state index in [0.717, 1.165) is 37.4 Å². The Morgan fingerprint density at radius 2 is 1.64 bits per heavy atom. The lowest BCUT2D eigenvalue weighted by molar-refractivity contribution is 0.874. The van der Waals surface area contributed by atoms with Gasteiger partial charge in [0.2, 0.25) is 0 Å². The van der Waals surface area contributed by atoms with Gasteiger partial charge in [-0.05, 0) is 44.2 Å². The number of hydrogen-bond acceptors (Lipinski definition) is 3. The molecule has 0 atom stereocenters. The van der Waals surface area contributed by atoms with Crippen LogP contribution in [-0.4, -0.2) is 19.6 Å². The van der Waals surface area contributed by atoms with Crippen LogP contribution in [0, 0.1) is 0 Å². The van der Waals surface area contributed by atoms with Crippen molar-refractivity contribution in [3.8, 4) is 0 Å². The minimum Gasteiger partial charge on any atom is -0.385 e. The minimum absolute atomic E-state index is 0.739. The van der Waals surface area contributed by atoms with Crippen LogP contribution >= 0.6 is 0 Å². The molecule has 4 N–H and O–H groups in total. The highest BCUT2D eigenvalue weighted by Gasteiger charge is 1.91. The number of nitrogens with one attached hydrogen (secondary N) is 2. The van der Waals surface area contributed by atoms with Gasteiger partial charge in [0.25, 0.3) is 0 Å². The summed E-state index contributed by atoms with van der Waals surface area (Å²) in [4.78, 5) is 0.